The molecule has 1 aliphatic rings. The number of hydrogen-bond donors (Lipinski definition) is 1. The minimum Gasteiger partial charge on any atom is -0.354 e. The number of imidazole rings is 1. The van der Waals surface area contributed by atoms with Crippen LogP contribution in [0.15, 0.2) is 18.2 Å². The highest BCUT2D eigenvalue weighted by Crippen LogP contribution is 2.28. The summed E-state index contributed by atoms with van der Waals surface area (Å²) in [4.78, 5) is 16.1. The molecule has 1 unspecified atom stereocenters. The van der Waals surface area contributed by atoms with E-state index in [1.165, 1.54) is 5.56 Å². The van der Waals surface area contributed by atoms with E-state index in [0.717, 1.165) is 23.3 Å². The van der Waals surface area contributed by atoms with Gasteiger partial charge >= 0.3 is 0 Å². The number of alkyl halides is 1. The molecule has 0 saturated carbocycles. The molecule has 1 aromatic heterocycles. The molecule has 0 aliphatic carbocycles. The lowest BCUT2D eigenvalue weighted by Crippen LogP contribution is -2.17. The van der Waals surface area contributed by atoms with E-state index >= 15 is 0 Å². The van der Waals surface area contributed by atoms with Gasteiger partial charge in [-0.25, -0.2) is 4.98 Å². The maximum Gasteiger partial charge on any atom is 0.222 e. The number of para-hydroxylation sites is 1. The Morgan fingerprint density at radius 2 is 2.37 bits per heavy atom. The topological polar surface area (TPSA) is 46.9 Å². The summed E-state index contributed by atoms with van der Waals surface area (Å²) in [6.45, 7) is 2.75. The summed E-state index contributed by atoms with van der Waals surface area (Å²) in [5.74, 6) is 1.62. The van der Waals surface area contributed by atoms with Crippen LogP contribution in [0.25, 0.3) is 11.0 Å². The van der Waals surface area contributed by atoms with Crippen molar-refractivity contribution in [1.29, 1.82) is 0 Å². The maximum atomic E-state index is 11.5. The first-order chi connectivity index (χ1) is 9.20. The first-order valence-corrected chi connectivity index (χ1v) is 7.03. The van der Waals surface area contributed by atoms with Crippen LogP contribution in [-0.4, -0.2) is 27.9 Å². The summed E-state index contributed by atoms with van der Waals surface area (Å²) in [5, 5.41) is 2.89. The van der Waals surface area contributed by atoms with Crippen LogP contribution in [-0.2, 0) is 11.2 Å². The second-order valence-corrected chi connectivity index (χ2v) is 5.32. The molecule has 0 radical (unpaired) electrons. The standard InChI is InChI=1S/C14H16ClN3O/c1-9-3-2-4-11-14(9)18(12(17-11)5-6-15)10-7-13(19)16-8-10/h2-4,10H,5-8H2,1H3,(H,16,19). The van der Waals surface area contributed by atoms with Crippen molar-refractivity contribution in [3.63, 3.8) is 0 Å². The Kier molecular flexibility index (Phi) is 3.19. The number of nitrogens with one attached hydrogen (secondary N) is 1. The van der Waals surface area contributed by atoms with Crippen LogP contribution >= 0.6 is 11.6 Å². The average molecular weight is 278 g/mol. The van der Waals surface area contributed by atoms with Gasteiger partial charge in [-0.3, -0.25) is 4.79 Å². The zero-order valence-corrected chi connectivity index (χ0v) is 11.6. The predicted molar refractivity (Wildman–Crippen MR) is 75.6 cm³/mol. The van der Waals surface area contributed by atoms with Crippen LogP contribution in [0.5, 0.6) is 0 Å². The lowest BCUT2D eigenvalue weighted by molar-refractivity contribution is -0.119. The molecule has 1 atom stereocenters. The zero-order valence-electron chi connectivity index (χ0n) is 10.8. The van der Waals surface area contributed by atoms with E-state index in [9.17, 15) is 4.79 Å². The number of fused-ring (bicyclic) bond motifs is 1. The molecule has 0 bridgehead atoms. The van der Waals surface area contributed by atoms with E-state index in [0.29, 0.717) is 18.8 Å². The Morgan fingerprint density at radius 1 is 1.53 bits per heavy atom. The third-order valence-electron chi connectivity index (χ3n) is 3.62. The molecule has 3 rings (SSSR count). The Balaban J connectivity index is 2.18. The van der Waals surface area contributed by atoms with E-state index in [-0.39, 0.29) is 11.9 Å². The fourth-order valence-corrected chi connectivity index (χ4v) is 2.96. The van der Waals surface area contributed by atoms with Gasteiger partial charge in [-0.1, -0.05) is 12.1 Å². The van der Waals surface area contributed by atoms with Crippen molar-refractivity contribution in [2.45, 2.75) is 25.8 Å². The predicted octanol–water partition coefficient (Wildman–Crippen LogP) is 2.19. The number of benzene rings is 1. The van der Waals surface area contributed by atoms with Gasteiger partial charge in [0.15, 0.2) is 0 Å². The zero-order chi connectivity index (χ0) is 13.4. The third kappa shape index (κ3) is 2.10. The number of carbonyl (C=O) groups is 1. The largest absolute Gasteiger partial charge is 0.354 e. The van der Waals surface area contributed by atoms with Gasteiger partial charge in [-0.2, -0.15) is 0 Å². The molecule has 1 saturated heterocycles. The second-order valence-electron chi connectivity index (χ2n) is 4.94. The van der Waals surface area contributed by atoms with Crippen molar-refractivity contribution in [2.24, 2.45) is 0 Å². The van der Waals surface area contributed by atoms with Crippen LogP contribution < -0.4 is 5.32 Å². The van der Waals surface area contributed by atoms with Gasteiger partial charge in [0.1, 0.15) is 5.82 Å². The Morgan fingerprint density at radius 3 is 3.05 bits per heavy atom. The van der Waals surface area contributed by atoms with Gasteiger partial charge in [0.25, 0.3) is 0 Å². The second kappa shape index (κ2) is 4.85. The first kappa shape index (κ1) is 12.5. The molecule has 5 heteroatoms. The summed E-state index contributed by atoms with van der Waals surface area (Å²) < 4.78 is 2.20. The number of carbonyl (C=O) groups excluding carboxylic acids is 1. The average Bonchev–Trinajstić information content (AvgIpc) is 2.94. The number of aromatic nitrogens is 2. The summed E-state index contributed by atoms with van der Waals surface area (Å²) in [6.07, 6.45) is 1.25. The molecule has 1 aliphatic heterocycles. The van der Waals surface area contributed by atoms with Crippen molar-refractivity contribution in [1.82, 2.24) is 14.9 Å². The van der Waals surface area contributed by atoms with Gasteiger partial charge in [0.2, 0.25) is 5.91 Å². The van der Waals surface area contributed by atoms with Crippen molar-refractivity contribution >= 4 is 28.5 Å². The Hall–Kier alpha value is -1.55. The highest BCUT2D eigenvalue weighted by molar-refractivity contribution is 6.17. The van der Waals surface area contributed by atoms with Gasteiger partial charge in [0.05, 0.1) is 17.1 Å². The number of aryl methyl sites for hydroxylation is 2. The molecular weight excluding hydrogens is 262 g/mol. The molecule has 0 spiro atoms. The minimum absolute atomic E-state index is 0.109. The quantitative estimate of drug-likeness (QED) is 0.874. The van der Waals surface area contributed by atoms with E-state index in [1.807, 2.05) is 12.1 Å². The summed E-state index contributed by atoms with van der Waals surface area (Å²) in [5.41, 5.74) is 3.30. The van der Waals surface area contributed by atoms with Crippen molar-refractivity contribution in [3.05, 3.63) is 29.6 Å². The first-order valence-electron chi connectivity index (χ1n) is 6.50. The molecule has 1 N–H and O–H groups in total. The van der Waals surface area contributed by atoms with Crippen LogP contribution in [0.2, 0.25) is 0 Å². The molecule has 100 valence electrons. The monoisotopic (exact) mass is 277 g/mol. The van der Waals surface area contributed by atoms with Crippen LogP contribution in [0, 0.1) is 6.92 Å². The summed E-state index contributed by atoms with van der Waals surface area (Å²) in [7, 11) is 0. The molecule has 19 heavy (non-hydrogen) atoms. The fraction of sp³-hybridized carbons (Fsp3) is 0.429. The maximum absolute atomic E-state index is 11.5. The smallest absolute Gasteiger partial charge is 0.222 e. The van der Waals surface area contributed by atoms with E-state index in [2.05, 4.69) is 27.9 Å². The summed E-state index contributed by atoms with van der Waals surface area (Å²) >= 11 is 5.87. The number of rotatable bonds is 3. The van der Waals surface area contributed by atoms with E-state index in [1.54, 1.807) is 0 Å². The lowest BCUT2D eigenvalue weighted by Gasteiger charge is -2.15. The number of amides is 1. The molecule has 2 aromatic rings. The number of hydrogen-bond acceptors (Lipinski definition) is 2. The van der Waals surface area contributed by atoms with Gasteiger partial charge in [-0.05, 0) is 18.6 Å². The van der Waals surface area contributed by atoms with Gasteiger partial charge in [0, 0.05) is 25.3 Å². The van der Waals surface area contributed by atoms with Gasteiger partial charge in [-0.15, -0.1) is 11.6 Å². The lowest BCUT2D eigenvalue weighted by atomic mass is 10.1. The van der Waals surface area contributed by atoms with Crippen LogP contribution in [0.1, 0.15) is 23.9 Å². The third-order valence-corrected chi connectivity index (χ3v) is 3.81. The number of nitrogens with zero attached hydrogens (tertiary/aromatic N) is 2. The molecular formula is C14H16ClN3O. The molecule has 1 amide bonds. The highest BCUT2D eigenvalue weighted by Gasteiger charge is 2.27. The van der Waals surface area contributed by atoms with E-state index in [4.69, 9.17) is 11.6 Å². The van der Waals surface area contributed by atoms with Crippen molar-refractivity contribution in [3.8, 4) is 0 Å². The summed E-state index contributed by atoms with van der Waals surface area (Å²) in [6, 6.07) is 6.25. The molecule has 1 fully saturated rings. The SMILES string of the molecule is Cc1cccc2nc(CCCl)n(C3CNC(=O)C3)c12. The van der Waals surface area contributed by atoms with Crippen LogP contribution in [0.4, 0.5) is 0 Å². The fourth-order valence-electron chi connectivity index (χ4n) is 2.80. The van der Waals surface area contributed by atoms with E-state index < -0.39 is 0 Å². The van der Waals surface area contributed by atoms with Crippen molar-refractivity contribution < 1.29 is 4.79 Å². The highest BCUT2D eigenvalue weighted by atomic mass is 35.5. The molecule has 1 aromatic carbocycles. The normalized spacial score (nSPS) is 19.1. The molecule has 2 heterocycles. The number of halogens is 1. The van der Waals surface area contributed by atoms with Crippen LogP contribution in [0.3, 0.4) is 0 Å². The van der Waals surface area contributed by atoms with Gasteiger partial charge < -0.3 is 9.88 Å². The van der Waals surface area contributed by atoms with Crippen molar-refractivity contribution in [2.75, 3.05) is 12.4 Å². The Labute approximate surface area is 116 Å². The Bertz CT molecular complexity index is 635. The minimum atomic E-state index is 0.109. The molecule has 4 nitrogen and oxygen atoms in total.